The van der Waals surface area contributed by atoms with Gasteiger partial charge < -0.3 is 20.5 Å². The number of rotatable bonds is 12. The Kier molecular flexibility index (Phi) is 14.5. The third kappa shape index (κ3) is 15.5. The van der Waals surface area contributed by atoms with Gasteiger partial charge >= 0.3 is 12.1 Å². The minimum absolute atomic E-state index is 0.0942. The lowest BCUT2D eigenvalue weighted by molar-refractivity contribution is -0.142. The van der Waals surface area contributed by atoms with Crippen LogP contribution in [0.25, 0.3) is 0 Å². The van der Waals surface area contributed by atoms with Crippen LogP contribution in [0.2, 0.25) is 0 Å². The van der Waals surface area contributed by atoms with E-state index >= 15 is 0 Å². The van der Waals surface area contributed by atoms with Crippen LogP contribution in [0.15, 0.2) is 42.3 Å². The van der Waals surface area contributed by atoms with Crippen molar-refractivity contribution in [2.24, 2.45) is 5.92 Å². The summed E-state index contributed by atoms with van der Waals surface area (Å²) in [5, 5.41) is 15.3. The molecule has 0 aliphatic carbocycles. The molecular weight excluding hydrogens is 448 g/mol. The number of carboxylic acid groups (broad SMARTS) is 1. The van der Waals surface area contributed by atoms with Crippen LogP contribution in [0, 0.1) is 5.92 Å². The SMILES string of the molecule is C=CS(C)(=O)=O.CCCCC(NC(=O)C(CC(C)C)NC(=O)OCc1ccccc1)C(=O)O. The number of hydrogen-bond acceptors (Lipinski definition) is 6. The molecule has 1 aromatic rings. The Bertz CT molecular complexity index is 843. The van der Waals surface area contributed by atoms with Gasteiger partial charge in [-0.1, -0.05) is 70.5 Å². The van der Waals surface area contributed by atoms with Crippen molar-refractivity contribution in [3.8, 4) is 0 Å². The predicted octanol–water partition coefficient (Wildman–Crippen LogP) is 3.26. The predicted molar refractivity (Wildman–Crippen MR) is 127 cm³/mol. The van der Waals surface area contributed by atoms with Crippen LogP contribution in [-0.2, 0) is 30.8 Å². The standard InChI is InChI=1S/C20H30N2O5.C3H6O2S/c1-4-5-11-16(19(24)25)21-18(23)17(12-14(2)3)22-20(26)27-13-15-9-7-6-8-10-15;1-3-6(2,4)5/h6-10,14,16-17H,4-5,11-13H2,1-3H3,(H,21,23)(H,22,26)(H,24,25);3H,1H2,2H3. The van der Waals surface area contributed by atoms with Crippen LogP contribution in [0.1, 0.15) is 52.0 Å². The fraction of sp³-hybridized carbons (Fsp3) is 0.522. The smallest absolute Gasteiger partial charge is 0.408 e. The fourth-order valence-electron chi connectivity index (χ4n) is 2.55. The van der Waals surface area contributed by atoms with Crippen molar-refractivity contribution in [2.45, 2.75) is 65.1 Å². The van der Waals surface area contributed by atoms with Gasteiger partial charge in [0.25, 0.3) is 0 Å². The Morgan fingerprint density at radius 3 is 2.15 bits per heavy atom. The zero-order valence-electron chi connectivity index (χ0n) is 19.7. The summed E-state index contributed by atoms with van der Waals surface area (Å²) in [6.45, 7) is 8.93. The number of benzene rings is 1. The minimum atomic E-state index is -2.90. The molecule has 0 heterocycles. The molecule has 0 saturated carbocycles. The summed E-state index contributed by atoms with van der Waals surface area (Å²) in [5.74, 6) is -1.45. The Morgan fingerprint density at radius 2 is 1.70 bits per heavy atom. The van der Waals surface area contributed by atoms with Crippen LogP contribution >= 0.6 is 0 Å². The summed E-state index contributed by atoms with van der Waals surface area (Å²) in [7, 11) is -2.90. The zero-order chi connectivity index (χ0) is 25.4. The molecule has 0 aromatic heterocycles. The van der Waals surface area contributed by atoms with Crippen molar-refractivity contribution in [1.29, 1.82) is 0 Å². The van der Waals surface area contributed by atoms with Crippen LogP contribution in [0.5, 0.6) is 0 Å². The molecule has 0 fully saturated rings. The molecule has 3 N–H and O–H groups in total. The summed E-state index contributed by atoms with van der Waals surface area (Å²) >= 11 is 0. The highest BCUT2D eigenvalue weighted by Gasteiger charge is 2.27. The van der Waals surface area contributed by atoms with Crippen molar-refractivity contribution in [1.82, 2.24) is 10.6 Å². The maximum absolute atomic E-state index is 12.5. The van der Waals surface area contributed by atoms with Crippen LogP contribution in [0.4, 0.5) is 4.79 Å². The molecular formula is C23H36N2O7S. The lowest BCUT2D eigenvalue weighted by atomic mass is 10.0. The normalized spacial score (nSPS) is 12.5. The molecule has 0 aliphatic heterocycles. The molecule has 1 aromatic carbocycles. The second-order valence-electron chi connectivity index (χ2n) is 7.93. The van der Waals surface area contributed by atoms with Gasteiger partial charge in [0.15, 0.2) is 9.84 Å². The van der Waals surface area contributed by atoms with Gasteiger partial charge in [-0.15, -0.1) is 0 Å². The number of aliphatic carboxylic acids is 1. The third-order valence-electron chi connectivity index (χ3n) is 4.29. The Balaban J connectivity index is 0.00000150. The lowest BCUT2D eigenvalue weighted by Gasteiger charge is -2.22. The monoisotopic (exact) mass is 484 g/mol. The number of amides is 2. The average molecular weight is 485 g/mol. The number of ether oxygens (including phenoxy) is 1. The maximum atomic E-state index is 12.5. The van der Waals surface area contributed by atoms with Gasteiger partial charge in [-0.2, -0.15) is 0 Å². The average Bonchev–Trinajstić information content (AvgIpc) is 2.74. The molecule has 33 heavy (non-hydrogen) atoms. The number of carbonyl (C=O) groups is 3. The Hall–Kier alpha value is -2.88. The fourth-order valence-corrected chi connectivity index (χ4v) is 2.55. The van der Waals surface area contributed by atoms with Crippen LogP contribution in [-0.4, -0.2) is 49.8 Å². The molecule has 9 nitrogen and oxygen atoms in total. The van der Waals surface area contributed by atoms with Crippen molar-refractivity contribution >= 4 is 27.8 Å². The number of hydrogen-bond donors (Lipinski definition) is 3. The van der Waals surface area contributed by atoms with Gasteiger partial charge in [-0.25, -0.2) is 18.0 Å². The molecule has 2 amide bonds. The summed E-state index contributed by atoms with van der Waals surface area (Å²) < 4.78 is 24.9. The van der Waals surface area contributed by atoms with Gasteiger partial charge in [-0.05, 0) is 24.3 Å². The summed E-state index contributed by atoms with van der Waals surface area (Å²) in [6.07, 6.45) is 2.65. The Labute approximate surface area is 196 Å². The zero-order valence-corrected chi connectivity index (χ0v) is 20.6. The molecule has 2 unspecified atom stereocenters. The van der Waals surface area contributed by atoms with Gasteiger partial charge in [-0.3, -0.25) is 4.79 Å². The van der Waals surface area contributed by atoms with E-state index in [9.17, 15) is 27.9 Å². The van der Waals surface area contributed by atoms with E-state index in [-0.39, 0.29) is 12.5 Å². The molecule has 0 radical (unpaired) electrons. The number of carbonyl (C=O) groups excluding carboxylic acids is 2. The third-order valence-corrected chi connectivity index (χ3v) is 4.90. The number of alkyl carbamates (subject to hydrolysis) is 1. The van der Waals surface area contributed by atoms with Crippen molar-refractivity contribution in [3.63, 3.8) is 0 Å². The van der Waals surface area contributed by atoms with Crippen molar-refractivity contribution in [2.75, 3.05) is 6.26 Å². The molecule has 10 heteroatoms. The topological polar surface area (TPSA) is 139 Å². The highest BCUT2D eigenvalue weighted by Crippen LogP contribution is 2.08. The molecule has 186 valence electrons. The molecule has 0 spiro atoms. The number of nitrogens with one attached hydrogen (secondary N) is 2. The van der Waals surface area contributed by atoms with E-state index in [1.807, 2.05) is 51.1 Å². The lowest BCUT2D eigenvalue weighted by Crippen LogP contribution is -2.52. The summed E-state index contributed by atoms with van der Waals surface area (Å²) in [6, 6.07) is 7.39. The highest BCUT2D eigenvalue weighted by atomic mass is 32.2. The first-order chi connectivity index (χ1) is 15.4. The van der Waals surface area contributed by atoms with E-state index in [0.29, 0.717) is 19.3 Å². The number of unbranched alkanes of at least 4 members (excludes halogenated alkanes) is 1. The van der Waals surface area contributed by atoms with Crippen molar-refractivity contribution in [3.05, 3.63) is 47.9 Å². The second kappa shape index (κ2) is 15.8. The first-order valence-corrected chi connectivity index (χ1v) is 12.7. The van der Waals surface area contributed by atoms with E-state index in [1.54, 1.807) is 0 Å². The molecule has 2 atom stereocenters. The largest absolute Gasteiger partial charge is 0.480 e. The second-order valence-corrected chi connectivity index (χ2v) is 9.92. The van der Waals surface area contributed by atoms with Gasteiger partial charge in [0.2, 0.25) is 5.91 Å². The highest BCUT2D eigenvalue weighted by molar-refractivity contribution is 7.93. The molecule has 0 aliphatic rings. The maximum Gasteiger partial charge on any atom is 0.408 e. The molecule has 0 bridgehead atoms. The van der Waals surface area contributed by atoms with E-state index in [1.165, 1.54) is 0 Å². The minimum Gasteiger partial charge on any atom is -0.480 e. The van der Waals surface area contributed by atoms with E-state index in [0.717, 1.165) is 23.6 Å². The summed E-state index contributed by atoms with van der Waals surface area (Å²) in [5.41, 5.74) is 0.836. The van der Waals surface area contributed by atoms with Gasteiger partial charge in [0.05, 0.1) is 0 Å². The first-order valence-electron chi connectivity index (χ1n) is 10.7. The van der Waals surface area contributed by atoms with Gasteiger partial charge in [0, 0.05) is 11.7 Å². The van der Waals surface area contributed by atoms with E-state index < -0.39 is 39.9 Å². The van der Waals surface area contributed by atoms with Crippen LogP contribution < -0.4 is 10.6 Å². The number of sulfone groups is 1. The van der Waals surface area contributed by atoms with E-state index in [2.05, 4.69) is 17.2 Å². The first kappa shape index (κ1) is 30.1. The molecule has 1 rings (SSSR count). The molecule has 0 saturated heterocycles. The van der Waals surface area contributed by atoms with Crippen molar-refractivity contribution < 1.29 is 32.6 Å². The Morgan fingerprint density at radius 1 is 1.12 bits per heavy atom. The quantitative estimate of drug-likeness (QED) is 0.414. The van der Waals surface area contributed by atoms with E-state index in [4.69, 9.17) is 4.74 Å². The number of carboxylic acids is 1. The van der Waals surface area contributed by atoms with Gasteiger partial charge in [0.1, 0.15) is 18.7 Å². The summed E-state index contributed by atoms with van der Waals surface area (Å²) in [4.78, 5) is 35.9. The van der Waals surface area contributed by atoms with Crippen LogP contribution in [0.3, 0.4) is 0 Å².